The van der Waals surface area contributed by atoms with Crippen molar-refractivity contribution in [3.05, 3.63) is 40.9 Å². The molecule has 1 fully saturated rings. The van der Waals surface area contributed by atoms with Gasteiger partial charge in [-0.05, 0) is 30.5 Å². The van der Waals surface area contributed by atoms with E-state index in [1.807, 2.05) is 24.3 Å². The van der Waals surface area contributed by atoms with Crippen molar-refractivity contribution < 1.29 is 4.79 Å². The Labute approximate surface area is 107 Å². The number of carbonyl (C=O) groups excluding carboxylic acids is 1. The minimum atomic E-state index is -0.0307. The van der Waals surface area contributed by atoms with Gasteiger partial charge in [0.2, 0.25) is 5.91 Å². The second-order valence-electron chi connectivity index (χ2n) is 4.34. The molecule has 2 nitrogen and oxygen atoms in total. The van der Waals surface area contributed by atoms with E-state index in [0.29, 0.717) is 11.1 Å². The maximum Gasteiger partial charge on any atom is 0.244 e. The first-order valence-electron chi connectivity index (χ1n) is 5.99. The van der Waals surface area contributed by atoms with Crippen molar-refractivity contribution in [1.82, 2.24) is 5.32 Å². The molecule has 0 heterocycles. The molecule has 3 heteroatoms. The van der Waals surface area contributed by atoms with Gasteiger partial charge in [0.25, 0.3) is 0 Å². The highest BCUT2D eigenvalue weighted by molar-refractivity contribution is 6.32. The Balaban J connectivity index is 1.91. The van der Waals surface area contributed by atoms with E-state index in [9.17, 15) is 4.79 Å². The van der Waals surface area contributed by atoms with Gasteiger partial charge in [-0.2, -0.15) is 0 Å². The number of carbonyl (C=O) groups is 1. The molecule has 0 atom stereocenters. The molecule has 0 unspecified atom stereocenters. The van der Waals surface area contributed by atoms with Crippen molar-refractivity contribution >= 4 is 23.6 Å². The van der Waals surface area contributed by atoms with Crippen LogP contribution in [0.15, 0.2) is 30.3 Å². The summed E-state index contributed by atoms with van der Waals surface area (Å²) in [6, 6.07) is 7.84. The van der Waals surface area contributed by atoms with Crippen LogP contribution in [0, 0.1) is 0 Å². The first kappa shape index (κ1) is 12.2. The van der Waals surface area contributed by atoms with Crippen LogP contribution in [-0.2, 0) is 4.79 Å². The fourth-order valence-electron chi connectivity index (χ4n) is 2.10. The summed E-state index contributed by atoms with van der Waals surface area (Å²) in [5.41, 5.74) is 0.871. The van der Waals surface area contributed by atoms with E-state index in [4.69, 9.17) is 11.6 Å². The molecule has 0 bridgehead atoms. The van der Waals surface area contributed by atoms with E-state index in [0.717, 1.165) is 18.4 Å². The first-order valence-corrected chi connectivity index (χ1v) is 6.36. The van der Waals surface area contributed by atoms with Crippen LogP contribution >= 0.6 is 11.6 Å². The third-order valence-electron chi connectivity index (χ3n) is 3.02. The van der Waals surface area contributed by atoms with Gasteiger partial charge in [0.05, 0.1) is 0 Å². The SMILES string of the molecule is O=C(/C=C/c1ccccc1Cl)NC1CCCC1. The van der Waals surface area contributed by atoms with E-state index >= 15 is 0 Å². The van der Waals surface area contributed by atoms with Crippen molar-refractivity contribution in [3.63, 3.8) is 0 Å². The molecule has 2 rings (SSSR count). The molecule has 0 radical (unpaired) electrons. The standard InChI is InChI=1S/C14H16ClNO/c15-13-8-4-1-5-11(13)9-10-14(17)16-12-6-2-3-7-12/h1,4-5,8-10,12H,2-3,6-7H2,(H,16,17)/b10-9+. The minimum absolute atomic E-state index is 0.0307. The van der Waals surface area contributed by atoms with Gasteiger partial charge >= 0.3 is 0 Å². The van der Waals surface area contributed by atoms with Crippen molar-refractivity contribution in [2.45, 2.75) is 31.7 Å². The lowest BCUT2D eigenvalue weighted by Crippen LogP contribution is -2.30. The van der Waals surface area contributed by atoms with Crippen molar-refractivity contribution in [1.29, 1.82) is 0 Å². The van der Waals surface area contributed by atoms with Crippen molar-refractivity contribution in [3.8, 4) is 0 Å². The topological polar surface area (TPSA) is 29.1 Å². The number of benzene rings is 1. The number of hydrogen-bond acceptors (Lipinski definition) is 1. The molecular formula is C14H16ClNO. The normalized spacial score (nSPS) is 16.5. The lowest BCUT2D eigenvalue weighted by atomic mass is 10.2. The average molecular weight is 250 g/mol. The maximum absolute atomic E-state index is 11.6. The van der Waals surface area contributed by atoms with E-state index in [1.165, 1.54) is 12.8 Å². The van der Waals surface area contributed by atoms with Gasteiger partial charge in [0, 0.05) is 17.1 Å². The summed E-state index contributed by atoms with van der Waals surface area (Å²) < 4.78 is 0. The third kappa shape index (κ3) is 3.60. The van der Waals surface area contributed by atoms with E-state index in [2.05, 4.69) is 5.32 Å². The summed E-state index contributed by atoms with van der Waals surface area (Å²) in [6.07, 6.45) is 7.96. The van der Waals surface area contributed by atoms with Crippen LogP contribution < -0.4 is 5.32 Å². The number of halogens is 1. The van der Waals surface area contributed by atoms with Crippen LogP contribution in [-0.4, -0.2) is 11.9 Å². The highest BCUT2D eigenvalue weighted by Crippen LogP contribution is 2.18. The molecular weight excluding hydrogens is 234 g/mol. The Bertz CT molecular complexity index is 422. The zero-order valence-corrected chi connectivity index (χ0v) is 10.4. The number of hydrogen-bond donors (Lipinski definition) is 1. The first-order chi connectivity index (χ1) is 8.25. The Morgan fingerprint density at radius 2 is 2.00 bits per heavy atom. The summed E-state index contributed by atoms with van der Waals surface area (Å²) in [5, 5.41) is 3.66. The van der Waals surface area contributed by atoms with Gasteiger partial charge in [-0.1, -0.05) is 42.6 Å². The Kier molecular flexibility index (Phi) is 4.21. The van der Waals surface area contributed by atoms with Gasteiger partial charge in [-0.3, -0.25) is 4.79 Å². The molecule has 0 aromatic heterocycles. The summed E-state index contributed by atoms with van der Waals surface area (Å²) >= 11 is 6.00. The predicted molar refractivity (Wildman–Crippen MR) is 70.9 cm³/mol. The molecule has 0 aliphatic heterocycles. The number of amides is 1. The van der Waals surface area contributed by atoms with Gasteiger partial charge < -0.3 is 5.32 Å². The van der Waals surface area contributed by atoms with E-state index in [-0.39, 0.29) is 5.91 Å². The maximum atomic E-state index is 11.6. The van der Waals surface area contributed by atoms with E-state index in [1.54, 1.807) is 12.2 Å². The molecule has 1 amide bonds. The van der Waals surface area contributed by atoms with Gasteiger partial charge in [-0.25, -0.2) is 0 Å². The van der Waals surface area contributed by atoms with Crippen LogP contribution in [0.25, 0.3) is 6.08 Å². The average Bonchev–Trinajstić information content (AvgIpc) is 2.81. The zero-order chi connectivity index (χ0) is 12.1. The Morgan fingerprint density at radius 3 is 2.71 bits per heavy atom. The van der Waals surface area contributed by atoms with Crippen LogP contribution in [0.1, 0.15) is 31.2 Å². The fraction of sp³-hybridized carbons (Fsp3) is 0.357. The molecule has 0 spiro atoms. The fourth-order valence-corrected chi connectivity index (χ4v) is 2.29. The van der Waals surface area contributed by atoms with Crippen LogP contribution in [0.4, 0.5) is 0 Å². The molecule has 1 aliphatic rings. The Hall–Kier alpha value is -1.28. The summed E-state index contributed by atoms with van der Waals surface area (Å²) in [4.78, 5) is 11.6. The highest BCUT2D eigenvalue weighted by Gasteiger charge is 2.15. The quantitative estimate of drug-likeness (QED) is 0.818. The predicted octanol–water partition coefficient (Wildman–Crippen LogP) is 3.41. The molecule has 1 saturated carbocycles. The van der Waals surface area contributed by atoms with E-state index < -0.39 is 0 Å². The van der Waals surface area contributed by atoms with Crippen molar-refractivity contribution in [2.24, 2.45) is 0 Å². The number of nitrogens with one attached hydrogen (secondary N) is 1. The second kappa shape index (κ2) is 5.87. The largest absolute Gasteiger partial charge is 0.350 e. The van der Waals surface area contributed by atoms with Gasteiger partial charge in [0.15, 0.2) is 0 Å². The summed E-state index contributed by atoms with van der Waals surface area (Å²) in [7, 11) is 0. The lowest BCUT2D eigenvalue weighted by molar-refractivity contribution is -0.117. The Morgan fingerprint density at radius 1 is 1.29 bits per heavy atom. The minimum Gasteiger partial charge on any atom is -0.350 e. The molecule has 1 aromatic carbocycles. The van der Waals surface area contributed by atoms with Crippen LogP contribution in [0.2, 0.25) is 5.02 Å². The monoisotopic (exact) mass is 249 g/mol. The lowest BCUT2D eigenvalue weighted by Gasteiger charge is -2.09. The summed E-state index contributed by atoms with van der Waals surface area (Å²) in [6.45, 7) is 0. The molecule has 0 saturated heterocycles. The molecule has 1 aromatic rings. The number of rotatable bonds is 3. The van der Waals surface area contributed by atoms with Crippen LogP contribution in [0.5, 0.6) is 0 Å². The second-order valence-corrected chi connectivity index (χ2v) is 4.75. The molecule has 1 N–H and O–H groups in total. The smallest absolute Gasteiger partial charge is 0.244 e. The molecule has 17 heavy (non-hydrogen) atoms. The molecule has 90 valence electrons. The third-order valence-corrected chi connectivity index (χ3v) is 3.37. The highest BCUT2D eigenvalue weighted by atomic mass is 35.5. The van der Waals surface area contributed by atoms with Crippen LogP contribution in [0.3, 0.4) is 0 Å². The zero-order valence-electron chi connectivity index (χ0n) is 9.66. The van der Waals surface area contributed by atoms with Gasteiger partial charge in [-0.15, -0.1) is 0 Å². The molecule has 1 aliphatic carbocycles. The van der Waals surface area contributed by atoms with Crippen molar-refractivity contribution in [2.75, 3.05) is 0 Å². The van der Waals surface area contributed by atoms with Gasteiger partial charge in [0.1, 0.15) is 0 Å². The summed E-state index contributed by atoms with van der Waals surface area (Å²) in [5.74, 6) is -0.0307.